The summed E-state index contributed by atoms with van der Waals surface area (Å²) in [6, 6.07) is 8.32. The van der Waals surface area contributed by atoms with E-state index in [1.54, 1.807) is 49.3 Å². The maximum Gasteiger partial charge on any atom is 0.276 e. The van der Waals surface area contributed by atoms with Crippen LogP contribution in [0.4, 0.5) is 5.69 Å². The molecular weight excluding hydrogens is 338 g/mol. The van der Waals surface area contributed by atoms with Crippen LogP contribution in [-0.2, 0) is 9.53 Å². The van der Waals surface area contributed by atoms with Gasteiger partial charge in [0.05, 0.1) is 26.4 Å². The van der Waals surface area contributed by atoms with Crippen molar-refractivity contribution in [2.45, 2.75) is 19.4 Å². The highest BCUT2D eigenvalue weighted by molar-refractivity contribution is 5.94. The molecule has 1 aromatic carbocycles. The van der Waals surface area contributed by atoms with Gasteiger partial charge in [-0.05, 0) is 19.1 Å². The van der Waals surface area contributed by atoms with Crippen molar-refractivity contribution in [3.63, 3.8) is 0 Å². The number of nitrogens with zero attached hydrogens (tertiary/aromatic N) is 2. The molecule has 1 saturated heterocycles. The molecule has 1 fully saturated rings. The van der Waals surface area contributed by atoms with Crippen molar-refractivity contribution in [3.8, 4) is 5.75 Å². The number of methoxy groups -OCH3 is 1. The molecule has 0 aliphatic carbocycles. The summed E-state index contributed by atoms with van der Waals surface area (Å²) in [6.45, 7) is 2.86. The van der Waals surface area contributed by atoms with Crippen LogP contribution in [-0.4, -0.2) is 54.8 Å². The summed E-state index contributed by atoms with van der Waals surface area (Å²) in [4.78, 5) is 26.7. The molecule has 2 aromatic rings. The maximum absolute atomic E-state index is 12.6. The van der Waals surface area contributed by atoms with Crippen LogP contribution in [0.25, 0.3) is 0 Å². The van der Waals surface area contributed by atoms with Gasteiger partial charge in [0.25, 0.3) is 5.91 Å². The van der Waals surface area contributed by atoms with Crippen molar-refractivity contribution in [2.75, 3.05) is 32.2 Å². The maximum atomic E-state index is 12.6. The number of hydrogen-bond donors (Lipinski definition) is 1. The van der Waals surface area contributed by atoms with Gasteiger partial charge in [0, 0.05) is 30.8 Å². The van der Waals surface area contributed by atoms with E-state index in [2.05, 4.69) is 10.5 Å². The Kier molecular flexibility index (Phi) is 5.52. The average molecular weight is 359 g/mol. The van der Waals surface area contributed by atoms with Gasteiger partial charge in [0.2, 0.25) is 5.91 Å². The molecule has 138 valence electrons. The van der Waals surface area contributed by atoms with E-state index in [4.69, 9.17) is 14.0 Å². The third-order valence-electron chi connectivity index (χ3n) is 4.11. The van der Waals surface area contributed by atoms with Crippen molar-refractivity contribution < 1.29 is 23.6 Å². The van der Waals surface area contributed by atoms with Crippen LogP contribution in [0.2, 0.25) is 0 Å². The zero-order chi connectivity index (χ0) is 18.5. The van der Waals surface area contributed by atoms with Gasteiger partial charge in [-0.1, -0.05) is 11.2 Å². The summed E-state index contributed by atoms with van der Waals surface area (Å²) >= 11 is 0. The highest BCUT2D eigenvalue weighted by Crippen LogP contribution is 2.19. The lowest BCUT2D eigenvalue weighted by Crippen LogP contribution is -2.50. The lowest BCUT2D eigenvalue weighted by atomic mass is 10.1. The number of carbonyl (C=O) groups excluding carboxylic acids is 2. The minimum Gasteiger partial charge on any atom is -0.497 e. The molecule has 3 rings (SSSR count). The van der Waals surface area contributed by atoms with E-state index >= 15 is 0 Å². The predicted octanol–water partition coefficient (Wildman–Crippen LogP) is 1.86. The van der Waals surface area contributed by atoms with Crippen molar-refractivity contribution in [1.29, 1.82) is 0 Å². The van der Waals surface area contributed by atoms with Crippen LogP contribution in [0.1, 0.15) is 22.7 Å². The number of amides is 2. The summed E-state index contributed by atoms with van der Waals surface area (Å²) in [5.41, 5.74) is 0.874. The van der Waals surface area contributed by atoms with Gasteiger partial charge in [0.15, 0.2) is 5.69 Å². The van der Waals surface area contributed by atoms with E-state index in [1.807, 2.05) is 0 Å². The lowest BCUT2D eigenvalue weighted by molar-refractivity contribution is -0.118. The smallest absolute Gasteiger partial charge is 0.276 e. The fourth-order valence-corrected chi connectivity index (χ4v) is 2.83. The van der Waals surface area contributed by atoms with Crippen LogP contribution in [0.3, 0.4) is 0 Å². The van der Waals surface area contributed by atoms with E-state index in [1.165, 1.54) is 0 Å². The van der Waals surface area contributed by atoms with Crippen LogP contribution in [0.5, 0.6) is 5.75 Å². The molecule has 2 amide bonds. The summed E-state index contributed by atoms with van der Waals surface area (Å²) in [5.74, 6) is 0.753. The number of ether oxygens (including phenoxy) is 2. The molecule has 1 aliphatic heterocycles. The zero-order valence-corrected chi connectivity index (χ0v) is 14.7. The summed E-state index contributed by atoms with van der Waals surface area (Å²) in [5, 5.41) is 6.59. The molecule has 0 bridgehead atoms. The number of aromatic nitrogens is 1. The Labute approximate surface area is 151 Å². The Balaban J connectivity index is 1.65. The number of hydrogen-bond acceptors (Lipinski definition) is 6. The van der Waals surface area contributed by atoms with Gasteiger partial charge in [-0.2, -0.15) is 0 Å². The molecule has 1 unspecified atom stereocenters. The minimum atomic E-state index is -0.362. The number of carbonyl (C=O) groups is 2. The van der Waals surface area contributed by atoms with Crippen molar-refractivity contribution in [2.24, 2.45) is 0 Å². The van der Waals surface area contributed by atoms with E-state index in [0.29, 0.717) is 37.0 Å². The molecule has 0 saturated carbocycles. The first kappa shape index (κ1) is 17.9. The van der Waals surface area contributed by atoms with E-state index in [9.17, 15) is 9.59 Å². The van der Waals surface area contributed by atoms with E-state index < -0.39 is 0 Å². The second kappa shape index (κ2) is 8.01. The topological polar surface area (TPSA) is 93.9 Å². The number of nitrogens with one attached hydrogen (secondary N) is 1. The SMILES string of the molecule is COc1cccc(NC(=O)CC2COCCN2C(=O)c2cc(C)on2)c1. The fraction of sp³-hybridized carbons (Fsp3) is 0.389. The molecule has 1 atom stereocenters. The third-order valence-corrected chi connectivity index (χ3v) is 4.11. The Hall–Kier alpha value is -2.87. The van der Waals surface area contributed by atoms with Crippen LogP contribution in [0.15, 0.2) is 34.9 Å². The molecular formula is C18H21N3O5. The summed E-state index contributed by atoms with van der Waals surface area (Å²) in [6.07, 6.45) is 0.125. The van der Waals surface area contributed by atoms with Gasteiger partial charge >= 0.3 is 0 Å². The van der Waals surface area contributed by atoms with Crippen molar-refractivity contribution >= 4 is 17.5 Å². The number of benzene rings is 1. The first-order chi connectivity index (χ1) is 12.6. The lowest BCUT2D eigenvalue weighted by Gasteiger charge is -2.34. The fourth-order valence-electron chi connectivity index (χ4n) is 2.83. The molecule has 26 heavy (non-hydrogen) atoms. The molecule has 0 radical (unpaired) electrons. The third kappa shape index (κ3) is 4.20. The van der Waals surface area contributed by atoms with Crippen molar-refractivity contribution in [1.82, 2.24) is 10.1 Å². The van der Waals surface area contributed by atoms with Crippen LogP contribution >= 0.6 is 0 Å². The van der Waals surface area contributed by atoms with Crippen LogP contribution < -0.4 is 10.1 Å². The van der Waals surface area contributed by atoms with Gasteiger partial charge in [-0.3, -0.25) is 9.59 Å². The number of rotatable bonds is 5. The first-order valence-corrected chi connectivity index (χ1v) is 8.33. The van der Waals surface area contributed by atoms with Gasteiger partial charge in [-0.25, -0.2) is 0 Å². The Morgan fingerprint density at radius 3 is 2.96 bits per heavy atom. The number of aryl methyl sites for hydroxylation is 1. The molecule has 0 spiro atoms. The molecule has 8 heteroatoms. The zero-order valence-electron chi connectivity index (χ0n) is 14.7. The summed E-state index contributed by atoms with van der Waals surface area (Å²) in [7, 11) is 1.56. The Bertz CT molecular complexity index is 789. The number of morpholine rings is 1. The molecule has 8 nitrogen and oxygen atoms in total. The summed E-state index contributed by atoms with van der Waals surface area (Å²) < 4.78 is 15.6. The Morgan fingerprint density at radius 1 is 1.38 bits per heavy atom. The largest absolute Gasteiger partial charge is 0.497 e. The molecule has 1 aromatic heterocycles. The van der Waals surface area contributed by atoms with Gasteiger partial charge in [0.1, 0.15) is 11.5 Å². The normalized spacial score (nSPS) is 17.0. The molecule has 1 aliphatic rings. The average Bonchev–Trinajstić information content (AvgIpc) is 3.08. The standard InChI is InChI=1S/C18H21N3O5/c1-12-8-16(20-26-12)18(23)21-6-7-25-11-14(21)10-17(22)19-13-4-3-5-15(9-13)24-2/h3-5,8-9,14H,6-7,10-11H2,1-2H3,(H,19,22). The monoisotopic (exact) mass is 359 g/mol. The van der Waals surface area contributed by atoms with Crippen LogP contribution in [0, 0.1) is 6.92 Å². The predicted molar refractivity (Wildman–Crippen MR) is 93.1 cm³/mol. The van der Waals surface area contributed by atoms with Gasteiger partial charge in [-0.15, -0.1) is 0 Å². The van der Waals surface area contributed by atoms with Gasteiger partial charge < -0.3 is 24.2 Å². The highest BCUT2D eigenvalue weighted by atomic mass is 16.5. The second-order valence-electron chi connectivity index (χ2n) is 6.03. The second-order valence-corrected chi connectivity index (χ2v) is 6.03. The van der Waals surface area contributed by atoms with E-state index in [-0.39, 0.29) is 30.0 Å². The minimum absolute atomic E-state index is 0.125. The quantitative estimate of drug-likeness (QED) is 0.876. The molecule has 2 heterocycles. The van der Waals surface area contributed by atoms with Crippen molar-refractivity contribution in [3.05, 3.63) is 41.8 Å². The Morgan fingerprint density at radius 2 is 2.23 bits per heavy atom. The number of anilines is 1. The highest BCUT2D eigenvalue weighted by Gasteiger charge is 2.31. The molecule has 1 N–H and O–H groups in total. The first-order valence-electron chi connectivity index (χ1n) is 8.33. The van der Waals surface area contributed by atoms with E-state index in [0.717, 1.165) is 0 Å².